The number of aromatic nitrogens is 2. The normalized spacial score (nSPS) is 11.8. The van der Waals surface area contributed by atoms with Crippen LogP contribution in [0.3, 0.4) is 0 Å². The molecular weight excluding hydrogens is 312 g/mol. The van der Waals surface area contributed by atoms with E-state index in [1.807, 2.05) is 13.0 Å². The van der Waals surface area contributed by atoms with Crippen molar-refractivity contribution in [2.24, 2.45) is 0 Å². The van der Waals surface area contributed by atoms with E-state index >= 15 is 0 Å². The SMILES string of the molecule is Cc1nc(-c2ccc(C(C)(C)C)s2)[nH]c(=O)c1Br. The van der Waals surface area contributed by atoms with Gasteiger partial charge >= 0.3 is 0 Å². The summed E-state index contributed by atoms with van der Waals surface area (Å²) < 4.78 is 0.499. The average molecular weight is 327 g/mol. The standard InChI is InChI=1S/C13H15BrN2OS/c1-7-10(14)12(17)16-11(15-7)8-5-6-9(18-8)13(2,3)4/h5-6H,1-4H3,(H,15,16,17). The number of aromatic amines is 1. The van der Waals surface area contributed by atoms with Gasteiger partial charge in [0.1, 0.15) is 4.47 Å². The summed E-state index contributed by atoms with van der Waals surface area (Å²) in [4.78, 5) is 21.2. The second-order valence-electron chi connectivity index (χ2n) is 5.23. The number of hydrogen-bond donors (Lipinski definition) is 1. The van der Waals surface area contributed by atoms with Crippen LogP contribution in [0.1, 0.15) is 31.3 Å². The largest absolute Gasteiger partial charge is 0.305 e. The Hall–Kier alpha value is -0.940. The molecule has 0 bridgehead atoms. The average Bonchev–Trinajstić information content (AvgIpc) is 2.73. The van der Waals surface area contributed by atoms with Gasteiger partial charge in [-0.05, 0) is 40.4 Å². The fourth-order valence-electron chi connectivity index (χ4n) is 1.56. The Kier molecular flexibility index (Phi) is 3.47. The van der Waals surface area contributed by atoms with E-state index in [9.17, 15) is 4.79 Å². The lowest BCUT2D eigenvalue weighted by molar-refractivity contribution is 0.604. The summed E-state index contributed by atoms with van der Waals surface area (Å²) in [6.45, 7) is 8.34. The molecule has 2 rings (SSSR count). The molecular formula is C13H15BrN2OS. The number of halogens is 1. The van der Waals surface area contributed by atoms with E-state index in [-0.39, 0.29) is 11.0 Å². The molecule has 0 aliphatic heterocycles. The first kappa shape index (κ1) is 13.5. The summed E-state index contributed by atoms with van der Waals surface area (Å²) in [5, 5.41) is 0. The molecule has 0 aliphatic carbocycles. The van der Waals surface area contributed by atoms with Crippen molar-refractivity contribution in [2.45, 2.75) is 33.1 Å². The minimum atomic E-state index is -0.136. The first-order chi connectivity index (χ1) is 8.29. The van der Waals surface area contributed by atoms with E-state index in [0.29, 0.717) is 16.0 Å². The lowest BCUT2D eigenvalue weighted by Crippen LogP contribution is -2.11. The Morgan fingerprint density at radius 3 is 2.50 bits per heavy atom. The van der Waals surface area contributed by atoms with Gasteiger partial charge in [-0.2, -0.15) is 0 Å². The van der Waals surface area contributed by atoms with Crippen LogP contribution in [0.25, 0.3) is 10.7 Å². The van der Waals surface area contributed by atoms with Gasteiger partial charge in [-0.15, -0.1) is 11.3 Å². The smallest absolute Gasteiger partial charge is 0.265 e. The maximum Gasteiger partial charge on any atom is 0.265 e. The monoisotopic (exact) mass is 326 g/mol. The second kappa shape index (κ2) is 4.63. The molecule has 0 amide bonds. The molecule has 18 heavy (non-hydrogen) atoms. The molecule has 0 atom stereocenters. The van der Waals surface area contributed by atoms with Crippen LogP contribution < -0.4 is 5.56 Å². The van der Waals surface area contributed by atoms with Crippen molar-refractivity contribution in [2.75, 3.05) is 0 Å². The van der Waals surface area contributed by atoms with Crippen molar-refractivity contribution in [1.82, 2.24) is 9.97 Å². The highest BCUT2D eigenvalue weighted by Gasteiger charge is 2.17. The van der Waals surface area contributed by atoms with Crippen LogP contribution in [0.5, 0.6) is 0 Å². The third-order valence-electron chi connectivity index (χ3n) is 2.61. The van der Waals surface area contributed by atoms with Crippen LogP contribution >= 0.6 is 27.3 Å². The first-order valence-electron chi connectivity index (χ1n) is 5.66. The molecule has 0 spiro atoms. The van der Waals surface area contributed by atoms with Crippen LogP contribution in [-0.4, -0.2) is 9.97 Å². The maximum atomic E-state index is 11.7. The Balaban J connectivity index is 2.50. The molecule has 2 aromatic rings. The quantitative estimate of drug-likeness (QED) is 0.864. The predicted molar refractivity (Wildman–Crippen MR) is 79.3 cm³/mol. The molecule has 96 valence electrons. The molecule has 1 N–H and O–H groups in total. The van der Waals surface area contributed by atoms with E-state index in [0.717, 1.165) is 4.88 Å². The number of aryl methyl sites for hydroxylation is 1. The van der Waals surface area contributed by atoms with Crippen LogP contribution in [0.15, 0.2) is 21.4 Å². The molecule has 0 saturated carbocycles. The topological polar surface area (TPSA) is 45.8 Å². The second-order valence-corrected chi connectivity index (χ2v) is 7.10. The number of nitrogens with one attached hydrogen (secondary N) is 1. The maximum absolute atomic E-state index is 11.7. The number of H-pyrrole nitrogens is 1. The number of rotatable bonds is 1. The lowest BCUT2D eigenvalue weighted by atomic mass is 9.95. The van der Waals surface area contributed by atoms with Gasteiger partial charge in [-0.1, -0.05) is 20.8 Å². The number of hydrogen-bond acceptors (Lipinski definition) is 3. The zero-order valence-electron chi connectivity index (χ0n) is 10.8. The van der Waals surface area contributed by atoms with Crippen molar-refractivity contribution >= 4 is 27.3 Å². The van der Waals surface area contributed by atoms with E-state index < -0.39 is 0 Å². The van der Waals surface area contributed by atoms with E-state index in [4.69, 9.17) is 0 Å². The molecule has 0 unspecified atom stereocenters. The molecule has 0 radical (unpaired) electrons. The third-order valence-corrected chi connectivity index (χ3v) is 5.06. The van der Waals surface area contributed by atoms with Crippen molar-refractivity contribution in [3.05, 3.63) is 37.5 Å². The van der Waals surface area contributed by atoms with Crippen LogP contribution in [0, 0.1) is 6.92 Å². The summed E-state index contributed by atoms with van der Waals surface area (Å²) in [6.07, 6.45) is 0. The highest BCUT2D eigenvalue weighted by atomic mass is 79.9. The summed E-state index contributed by atoms with van der Waals surface area (Å²) >= 11 is 4.89. The Morgan fingerprint density at radius 2 is 2.00 bits per heavy atom. The van der Waals surface area contributed by atoms with Crippen LogP contribution in [0.4, 0.5) is 0 Å². The highest BCUT2D eigenvalue weighted by molar-refractivity contribution is 9.10. The molecule has 0 aliphatic rings. The van der Waals surface area contributed by atoms with Gasteiger partial charge in [0, 0.05) is 4.88 Å². The Labute approximate surface area is 118 Å². The summed E-state index contributed by atoms with van der Waals surface area (Å²) in [6, 6.07) is 4.11. The molecule has 0 saturated heterocycles. The van der Waals surface area contributed by atoms with Crippen LogP contribution in [0.2, 0.25) is 0 Å². The molecule has 5 heteroatoms. The van der Waals surface area contributed by atoms with Gasteiger partial charge in [0.15, 0.2) is 5.82 Å². The fraction of sp³-hybridized carbons (Fsp3) is 0.385. The molecule has 2 aromatic heterocycles. The third kappa shape index (κ3) is 2.57. The van der Waals surface area contributed by atoms with E-state index in [1.54, 1.807) is 11.3 Å². The lowest BCUT2D eigenvalue weighted by Gasteiger charge is -2.15. The first-order valence-corrected chi connectivity index (χ1v) is 7.27. The Morgan fingerprint density at radius 1 is 1.33 bits per heavy atom. The van der Waals surface area contributed by atoms with Gasteiger partial charge in [-0.25, -0.2) is 4.98 Å². The summed E-state index contributed by atoms with van der Waals surface area (Å²) in [7, 11) is 0. The van der Waals surface area contributed by atoms with Gasteiger partial charge in [0.2, 0.25) is 0 Å². The molecule has 0 aromatic carbocycles. The summed E-state index contributed by atoms with van der Waals surface area (Å²) in [5.74, 6) is 0.640. The molecule has 3 nitrogen and oxygen atoms in total. The van der Waals surface area contributed by atoms with E-state index in [1.165, 1.54) is 4.88 Å². The van der Waals surface area contributed by atoms with Crippen molar-refractivity contribution < 1.29 is 0 Å². The zero-order valence-corrected chi connectivity index (χ0v) is 13.2. The predicted octanol–water partition coefficient (Wildman–Crippen LogP) is 3.87. The van der Waals surface area contributed by atoms with Gasteiger partial charge in [-0.3, -0.25) is 4.79 Å². The van der Waals surface area contributed by atoms with Crippen LogP contribution in [-0.2, 0) is 5.41 Å². The van der Waals surface area contributed by atoms with E-state index in [2.05, 4.69) is 52.7 Å². The molecule has 0 fully saturated rings. The van der Waals surface area contributed by atoms with Crippen molar-refractivity contribution in [3.63, 3.8) is 0 Å². The van der Waals surface area contributed by atoms with Gasteiger partial charge in [0.05, 0.1) is 10.6 Å². The minimum absolute atomic E-state index is 0.119. The highest BCUT2D eigenvalue weighted by Crippen LogP contribution is 2.33. The minimum Gasteiger partial charge on any atom is -0.305 e. The van der Waals surface area contributed by atoms with Gasteiger partial charge in [0.25, 0.3) is 5.56 Å². The fourth-order valence-corrected chi connectivity index (χ4v) is 2.75. The van der Waals surface area contributed by atoms with Crippen molar-refractivity contribution in [3.8, 4) is 10.7 Å². The number of nitrogens with zero attached hydrogens (tertiary/aromatic N) is 1. The molecule has 2 heterocycles. The Bertz CT molecular complexity index is 637. The van der Waals surface area contributed by atoms with Crippen molar-refractivity contribution in [1.29, 1.82) is 0 Å². The van der Waals surface area contributed by atoms with Gasteiger partial charge < -0.3 is 4.98 Å². The zero-order chi connectivity index (χ0) is 13.5. The number of thiophene rings is 1. The summed E-state index contributed by atoms with van der Waals surface area (Å²) in [5.41, 5.74) is 0.691.